The van der Waals surface area contributed by atoms with E-state index in [1.54, 1.807) is 30.3 Å². The summed E-state index contributed by atoms with van der Waals surface area (Å²) in [7, 11) is 1.50. The SMILES string of the molecule is COc1cc(/C=N/NC(=O)Cn2nc(C)c([N+](=O)[O-])c2C)cc(Br)c1OCc1ccc(Cl)cc1Cl. The molecule has 3 aromatic rings. The van der Waals surface area contributed by atoms with Gasteiger partial charge in [-0.25, -0.2) is 5.43 Å². The number of nitrogens with zero attached hydrogens (tertiary/aromatic N) is 4. The lowest BCUT2D eigenvalue weighted by Crippen LogP contribution is -2.24. The minimum Gasteiger partial charge on any atom is -0.493 e. The number of carbonyl (C=O) groups excluding carboxylic acids is 1. The highest BCUT2D eigenvalue weighted by Gasteiger charge is 2.22. The number of carbonyl (C=O) groups is 1. The van der Waals surface area contributed by atoms with Gasteiger partial charge in [0.15, 0.2) is 11.5 Å². The van der Waals surface area contributed by atoms with E-state index in [0.29, 0.717) is 31.6 Å². The lowest BCUT2D eigenvalue weighted by atomic mass is 10.2. The lowest BCUT2D eigenvalue weighted by Gasteiger charge is -2.14. The zero-order valence-electron chi connectivity index (χ0n) is 18.8. The Kier molecular flexibility index (Phi) is 8.71. The predicted octanol–water partition coefficient (Wildman–Crippen LogP) is 5.22. The summed E-state index contributed by atoms with van der Waals surface area (Å²) in [6.45, 7) is 3.02. The third-order valence-corrected chi connectivity index (χ3v) is 6.04. The predicted molar refractivity (Wildman–Crippen MR) is 136 cm³/mol. The van der Waals surface area contributed by atoms with Crippen LogP contribution >= 0.6 is 39.1 Å². The summed E-state index contributed by atoms with van der Waals surface area (Å²) >= 11 is 15.6. The van der Waals surface area contributed by atoms with Crippen molar-refractivity contribution in [2.45, 2.75) is 27.0 Å². The first-order valence-electron chi connectivity index (χ1n) is 10.0. The second-order valence-electron chi connectivity index (χ2n) is 7.29. The van der Waals surface area contributed by atoms with Gasteiger partial charge in [0.05, 0.1) is 22.7 Å². The molecular formula is C22H20BrCl2N5O5. The minimum atomic E-state index is -0.521. The molecule has 184 valence electrons. The highest BCUT2D eigenvalue weighted by atomic mass is 79.9. The fourth-order valence-corrected chi connectivity index (χ4v) is 4.24. The molecule has 1 N–H and O–H groups in total. The molecule has 3 rings (SSSR count). The van der Waals surface area contributed by atoms with Crippen LogP contribution in [-0.2, 0) is 17.9 Å². The summed E-state index contributed by atoms with van der Waals surface area (Å²) in [5.74, 6) is 0.408. The fourth-order valence-electron chi connectivity index (χ4n) is 3.20. The Balaban J connectivity index is 1.66. The molecule has 2 aromatic carbocycles. The number of nitrogens with one attached hydrogen (secondary N) is 1. The zero-order chi connectivity index (χ0) is 25.7. The summed E-state index contributed by atoms with van der Waals surface area (Å²) in [5.41, 5.74) is 4.17. The molecule has 0 aliphatic carbocycles. The van der Waals surface area contributed by atoms with Crippen LogP contribution in [0.25, 0.3) is 0 Å². The molecule has 0 saturated heterocycles. The standard InChI is InChI=1S/C22H20BrCl2N5O5/c1-12-21(30(32)33)13(2)29(28-12)10-20(31)27-26-9-14-6-17(23)22(19(7-14)34-3)35-11-15-4-5-16(24)8-18(15)25/h4-9H,10-11H2,1-3H3,(H,27,31)/b26-9+. The van der Waals surface area contributed by atoms with Crippen LogP contribution in [0.4, 0.5) is 5.69 Å². The summed E-state index contributed by atoms with van der Waals surface area (Å²) in [5, 5.41) is 20.1. The number of ether oxygens (including phenoxy) is 2. The van der Waals surface area contributed by atoms with Crippen LogP contribution in [0, 0.1) is 24.0 Å². The van der Waals surface area contributed by atoms with E-state index < -0.39 is 10.8 Å². The lowest BCUT2D eigenvalue weighted by molar-refractivity contribution is -0.386. The number of nitro groups is 1. The van der Waals surface area contributed by atoms with Gasteiger partial charge < -0.3 is 9.47 Å². The molecule has 0 saturated carbocycles. The van der Waals surface area contributed by atoms with Crippen molar-refractivity contribution < 1.29 is 19.2 Å². The van der Waals surface area contributed by atoms with E-state index in [1.165, 1.54) is 31.9 Å². The van der Waals surface area contributed by atoms with Gasteiger partial charge >= 0.3 is 5.69 Å². The first kappa shape index (κ1) is 26.5. The molecule has 1 amide bonds. The van der Waals surface area contributed by atoms with Crippen LogP contribution < -0.4 is 14.9 Å². The molecule has 0 radical (unpaired) electrons. The highest BCUT2D eigenvalue weighted by Crippen LogP contribution is 2.37. The maximum Gasteiger partial charge on any atom is 0.312 e. The zero-order valence-corrected chi connectivity index (χ0v) is 21.9. The number of halogens is 3. The molecule has 1 aromatic heterocycles. The summed E-state index contributed by atoms with van der Waals surface area (Å²) in [6.07, 6.45) is 1.43. The van der Waals surface area contributed by atoms with Crippen molar-refractivity contribution in [3.8, 4) is 11.5 Å². The van der Waals surface area contributed by atoms with Gasteiger partial charge in [0.1, 0.15) is 24.5 Å². The van der Waals surface area contributed by atoms with Crippen molar-refractivity contribution in [2.24, 2.45) is 5.10 Å². The Hall–Kier alpha value is -3.15. The first-order chi connectivity index (χ1) is 16.6. The average Bonchev–Trinajstić information content (AvgIpc) is 3.06. The van der Waals surface area contributed by atoms with Crippen LogP contribution in [0.15, 0.2) is 39.9 Å². The molecule has 0 spiro atoms. The Labute approximate surface area is 219 Å². The van der Waals surface area contributed by atoms with E-state index in [9.17, 15) is 14.9 Å². The molecule has 0 unspecified atom stereocenters. The van der Waals surface area contributed by atoms with Gasteiger partial charge in [0.25, 0.3) is 5.91 Å². The van der Waals surface area contributed by atoms with Crippen molar-refractivity contribution in [1.82, 2.24) is 15.2 Å². The van der Waals surface area contributed by atoms with Gasteiger partial charge in [-0.15, -0.1) is 0 Å². The second-order valence-corrected chi connectivity index (χ2v) is 8.98. The van der Waals surface area contributed by atoms with Gasteiger partial charge in [-0.1, -0.05) is 29.3 Å². The van der Waals surface area contributed by atoms with Crippen LogP contribution in [0.3, 0.4) is 0 Å². The van der Waals surface area contributed by atoms with Gasteiger partial charge in [0.2, 0.25) is 0 Å². The monoisotopic (exact) mass is 583 g/mol. The third-order valence-electron chi connectivity index (χ3n) is 4.86. The number of methoxy groups -OCH3 is 1. The number of hydrogen-bond donors (Lipinski definition) is 1. The van der Waals surface area contributed by atoms with Crippen molar-refractivity contribution in [1.29, 1.82) is 0 Å². The Morgan fingerprint density at radius 1 is 1.31 bits per heavy atom. The van der Waals surface area contributed by atoms with E-state index in [1.807, 2.05) is 0 Å². The van der Waals surface area contributed by atoms with Gasteiger partial charge in [-0.2, -0.15) is 10.2 Å². The molecule has 0 aliphatic heterocycles. The summed E-state index contributed by atoms with van der Waals surface area (Å²) in [4.78, 5) is 22.8. The molecular weight excluding hydrogens is 565 g/mol. The van der Waals surface area contributed by atoms with Gasteiger partial charge in [-0.3, -0.25) is 19.6 Å². The first-order valence-corrected chi connectivity index (χ1v) is 11.6. The molecule has 0 aliphatic rings. The molecule has 1 heterocycles. The number of benzene rings is 2. The van der Waals surface area contributed by atoms with E-state index in [4.69, 9.17) is 32.7 Å². The minimum absolute atomic E-state index is 0.112. The third kappa shape index (κ3) is 6.50. The number of aryl methyl sites for hydroxylation is 1. The smallest absolute Gasteiger partial charge is 0.312 e. The van der Waals surface area contributed by atoms with Gasteiger partial charge in [0, 0.05) is 15.6 Å². The quantitative estimate of drug-likeness (QED) is 0.209. The largest absolute Gasteiger partial charge is 0.493 e. The van der Waals surface area contributed by atoms with Crippen molar-refractivity contribution in [3.05, 3.63) is 77.5 Å². The Bertz CT molecular complexity index is 1310. The number of hydrogen-bond acceptors (Lipinski definition) is 7. The Morgan fingerprint density at radius 3 is 2.69 bits per heavy atom. The molecule has 10 nitrogen and oxygen atoms in total. The van der Waals surface area contributed by atoms with Crippen molar-refractivity contribution in [2.75, 3.05) is 7.11 Å². The number of rotatable bonds is 9. The second kappa shape index (κ2) is 11.5. The summed E-state index contributed by atoms with van der Waals surface area (Å²) < 4.78 is 13.2. The van der Waals surface area contributed by atoms with Crippen LogP contribution in [0.2, 0.25) is 10.0 Å². The number of aromatic nitrogens is 2. The summed E-state index contributed by atoms with van der Waals surface area (Å²) in [6, 6.07) is 8.56. The fraction of sp³-hybridized carbons (Fsp3) is 0.227. The van der Waals surface area contributed by atoms with Crippen molar-refractivity contribution >= 4 is 56.9 Å². The normalized spacial score (nSPS) is 11.0. The molecule has 0 atom stereocenters. The number of amides is 1. The van der Waals surface area contributed by atoms with Crippen LogP contribution in [0.1, 0.15) is 22.5 Å². The topological polar surface area (TPSA) is 121 Å². The highest BCUT2D eigenvalue weighted by molar-refractivity contribution is 9.10. The molecule has 13 heteroatoms. The average molecular weight is 585 g/mol. The maximum atomic E-state index is 12.2. The van der Waals surface area contributed by atoms with E-state index in [0.717, 1.165) is 5.56 Å². The van der Waals surface area contributed by atoms with E-state index >= 15 is 0 Å². The van der Waals surface area contributed by atoms with Crippen molar-refractivity contribution in [3.63, 3.8) is 0 Å². The van der Waals surface area contributed by atoms with Gasteiger partial charge in [-0.05, 0) is 59.6 Å². The van der Waals surface area contributed by atoms with E-state index in [2.05, 4.69) is 31.6 Å². The molecule has 35 heavy (non-hydrogen) atoms. The van der Waals surface area contributed by atoms with Crippen LogP contribution in [0.5, 0.6) is 11.5 Å². The van der Waals surface area contributed by atoms with E-state index in [-0.39, 0.29) is 30.2 Å². The van der Waals surface area contributed by atoms with Crippen LogP contribution in [-0.4, -0.2) is 33.9 Å². The molecule has 0 bridgehead atoms. The Morgan fingerprint density at radius 2 is 2.06 bits per heavy atom. The maximum absolute atomic E-state index is 12.2. The molecule has 0 fully saturated rings. The number of hydrazone groups is 1.